The molecule has 0 bridgehead atoms. The number of aromatic hydroxyl groups is 1. The molecule has 7 heteroatoms. The van der Waals surface area contributed by atoms with Crippen molar-refractivity contribution in [2.45, 2.75) is 26.7 Å². The number of thiol groups is 1. The second kappa shape index (κ2) is 7.41. The summed E-state index contributed by atoms with van der Waals surface area (Å²) in [6.45, 7) is 4.37. The molecule has 0 aliphatic rings. The lowest BCUT2D eigenvalue weighted by Crippen LogP contribution is -2.23. The number of phenols is 1. The van der Waals surface area contributed by atoms with Crippen LogP contribution in [0.25, 0.3) is 11.1 Å². The Bertz CT molecular complexity index is 758. The van der Waals surface area contributed by atoms with E-state index in [2.05, 4.69) is 18.0 Å². The first-order valence-electron chi connectivity index (χ1n) is 7.41. The van der Waals surface area contributed by atoms with Gasteiger partial charge in [-0.3, -0.25) is 4.79 Å². The molecule has 0 saturated carbocycles. The van der Waals surface area contributed by atoms with E-state index in [0.29, 0.717) is 24.2 Å². The predicted molar refractivity (Wildman–Crippen MR) is 91.4 cm³/mol. The van der Waals surface area contributed by atoms with Gasteiger partial charge in [-0.05, 0) is 36.1 Å². The van der Waals surface area contributed by atoms with Gasteiger partial charge in [0.15, 0.2) is 0 Å². The molecule has 1 heterocycles. The summed E-state index contributed by atoms with van der Waals surface area (Å²) in [7, 11) is 1.55. The molecule has 1 aromatic heterocycles. The topological polar surface area (TPSA) is 73.6 Å². The van der Waals surface area contributed by atoms with E-state index in [0.717, 1.165) is 12.0 Å². The standard InChI is InChI=1S/C16H20N2O4S/c1-4-8-21-15-14(22-23)13(16(20)18(3)17-15)12-7-6-11(19)9-10(12)5-2/h6-7,9,19,23H,4-5,8H2,1-3H3. The highest BCUT2D eigenvalue weighted by molar-refractivity contribution is 7.75. The molecule has 0 aliphatic carbocycles. The van der Waals surface area contributed by atoms with Crippen LogP contribution >= 0.6 is 12.9 Å². The van der Waals surface area contributed by atoms with E-state index in [4.69, 9.17) is 8.92 Å². The van der Waals surface area contributed by atoms with E-state index in [1.54, 1.807) is 19.2 Å². The molecule has 0 aliphatic heterocycles. The third kappa shape index (κ3) is 3.44. The van der Waals surface area contributed by atoms with Crippen molar-refractivity contribution in [2.75, 3.05) is 6.61 Å². The van der Waals surface area contributed by atoms with Gasteiger partial charge >= 0.3 is 0 Å². The number of phenolic OH excluding ortho intramolecular Hbond substituents is 1. The number of hydrogen-bond acceptors (Lipinski definition) is 6. The molecular weight excluding hydrogens is 316 g/mol. The van der Waals surface area contributed by atoms with Crippen LogP contribution in [0.1, 0.15) is 25.8 Å². The molecule has 0 amide bonds. The Hall–Kier alpha value is -2.15. The summed E-state index contributed by atoms with van der Waals surface area (Å²) in [5, 5.41) is 13.8. The fourth-order valence-corrected chi connectivity index (χ4v) is 2.49. The molecule has 124 valence electrons. The molecule has 0 saturated heterocycles. The van der Waals surface area contributed by atoms with Crippen molar-refractivity contribution in [1.29, 1.82) is 0 Å². The summed E-state index contributed by atoms with van der Waals surface area (Å²) in [4.78, 5) is 12.6. The summed E-state index contributed by atoms with van der Waals surface area (Å²) in [5.41, 5.74) is 1.49. The van der Waals surface area contributed by atoms with E-state index in [1.807, 2.05) is 13.8 Å². The summed E-state index contributed by atoms with van der Waals surface area (Å²) in [6.07, 6.45) is 1.44. The Morgan fingerprint density at radius 3 is 2.70 bits per heavy atom. The fraction of sp³-hybridized carbons (Fsp3) is 0.375. The van der Waals surface area contributed by atoms with Crippen molar-refractivity contribution < 1.29 is 14.0 Å². The zero-order valence-corrected chi connectivity index (χ0v) is 14.3. The van der Waals surface area contributed by atoms with Gasteiger partial charge in [0.25, 0.3) is 11.4 Å². The van der Waals surface area contributed by atoms with Crippen LogP contribution < -0.4 is 14.5 Å². The molecule has 6 nitrogen and oxygen atoms in total. The van der Waals surface area contributed by atoms with Crippen LogP contribution in [0.4, 0.5) is 0 Å². The minimum Gasteiger partial charge on any atom is -0.508 e. The average Bonchev–Trinajstić information content (AvgIpc) is 2.55. The van der Waals surface area contributed by atoms with Crippen molar-refractivity contribution in [3.8, 4) is 28.5 Å². The van der Waals surface area contributed by atoms with Crippen LogP contribution in [0, 0.1) is 0 Å². The summed E-state index contributed by atoms with van der Waals surface area (Å²) in [6, 6.07) is 4.85. The molecule has 23 heavy (non-hydrogen) atoms. The highest BCUT2D eigenvalue weighted by Gasteiger charge is 2.22. The van der Waals surface area contributed by atoms with Crippen molar-refractivity contribution in [2.24, 2.45) is 7.05 Å². The van der Waals surface area contributed by atoms with Crippen LogP contribution in [0.2, 0.25) is 0 Å². The third-order valence-electron chi connectivity index (χ3n) is 3.44. The molecule has 0 unspecified atom stereocenters. The van der Waals surface area contributed by atoms with E-state index in [1.165, 1.54) is 10.7 Å². The zero-order chi connectivity index (χ0) is 17.0. The van der Waals surface area contributed by atoms with Gasteiger partial charge in [0, 0.05) is 20.0 Å². The van der Waals surface area contributed by atoms with E-state index in [9.17, 15) is 9.90 Å². The zero-order valence-electron chi connectivity index (χ0n) is 13.4. The molecule has 2 aromatic rings. The van der Waals surface area contributed by atoms with Crippen LogP contribution in [0.3, 0.4) is 0 Å². The Labute approximate surface area is 140 Å². The van der Waals surface area contributed by atoms with Gasteiger partial charge in [-0.2, -0.15) is 0 Å². The van der Waals surface area contributed by atoms with E-state index in [-0.39, 0.29) is 22.9 Å². The summed E-state index contributed by atoms with van der Waals surface area (Å²) in [5.74, 6) is 0.548. The van der Waals surface area contributed by atoms with Crippen molar-refractivity contribution in [3.05, 3.63) is 34.1 Å². The number of aryl methyl sites for hydroxylation is 2. The van der Waals surface area contributed by atoms with Crippen molar-refractivity contribution in [3.63, 3.8) is 0 Å². The molecule has 0 atom stereocenters. The minimum atomic E-state index is -0.321. The smallest absolute Gasteiger partial charge is 0.278 e. The van der Waals surface area contributed by atoms with Gasteiger partial charge in [-0.15, -0.1) is 5.10 Å². The van der Waals surface area contributed by atoms with Crippen LogP contribution in [0.5, 0.6) is 17.4 Å². The second-order valence-electron chi connectivity index (χ2n) is 5.07. The summed E-state index contributed by atoms with van der Waals surface area (Å²) < 4.78 is 11.9. The molecule has 1 N–H and O–H groups in total. The molecular formula is C16H20N2O4S. The van der Waals surface area contributed by atoms with Gasteiger partial charge in [0.05, 0.1) is 12.2 Å². The SMILES string of the molecule is CCCOc1nn(C)c(=O)c(-c2ccc(O)cc2CC)c1OS. The summed E-state index contributed by atoms with van der Waals surface area (Å²) >= 11 is 3.87. The third-order valence-corrected chi connectivity index (χ3v) is 3.63. The highest BCUT2D eigenvalue weighted by atomic mass is 32.1. The van der Waals surface area contributed by atoms with Gasteiger partial charge in [0.2, 0.25) is 5.75 Å². The van der Waals surface area contributed by atoms with Crippen molar-refractivity contribution in [1.82, 2.24) is 9.78 Å². The first-order chi connectivity index (χ1) is 11.0. The van der Waals surface area contributed by atoms with Gasteiger partial charge in [-0.1, -0.05) is 19.9 Å². The first-order valence-corrected chi connectivity index (χ1v) is 7.77. The average molecular weight is 336 g/mol. The lowest BCUT2D eigenvalue weighted by molar-refractivity contribution is 0.288. The van der Waals surface area contributed by atoms with Gasteiger partial charge in [-0.25, -0.2) is 4.68 Å². The number of ether oxygens (including phenoxy) is 1. The van der Waals surface area contributed by atoms with E-state index >= 15 is 0 Å². The molecule has 0 spiro atoms. The highest BCUT2D eigenvalue weighted by Crippen LogP contribution is 2.37. The lowest BCUT2D eigenvalue weighted by atomic mass is 9.98. The van der Waals surface area contributed by atoms with Crippen LogP contribution in [-0.2, 0) is 13.5 Å². The monoisotopic (exact) mass is 336 g/mol. The first kappa shape index (κ1) is 17.2. The van der Waals surface area contributed by atoms with Gasteiger partial charge < -0.3 is 14.0 Å². The fourth-order valence-electron chi connectivity index (χ4n) is 2.32. The Morgan fingerprint density at radius 2 is 2.09 bits per heavy atom. The Balaban J connectivity index is 2.75. The van der Waals surface area contributed by atoms with Crippen molar-refractivity contribution >= 4 is 12.9 Å². The second-order valence-corrected chi connectivity index (χ2v) is 5.26. The predicted octanol–water partition coefficient (Wildman–Crippen LogP) is 2.73. The number of hydrogen-bond donors (Lipinski definition) is 2. The molecule has 0 radical (unpaired) electrons. The largest absolute Gasteiger partial charge is 0.508 e. The maximum atomic E-state index is 12.6. The Morgan fingerprint density at radius 1 is 1.35 bits per heavy atom. The Kier molecular flexibility index (Phi) is 5.54. The number of aromatic nitrogens is 2. The number of rotatable bonds is 6. The van der Waals surface area contributed by atoms with Crippen LogP contribution in [0.15, 0.2) is 23.0 Å². The van der Waals surface area contributed by atoms with E-state index < -0.39 is 0 Å². The molecule has 1 aromatic carbocycles. The quantitative estimate of drug-likeness (QED) is 0.627. The number of nitrogens with zero attached hydrogens (tertiary/aromatic N) is 2. The molecule has 0 fully saturated rings. The maximum Gasteiger partial charge on any atom is 0.278 e. The normalized spacial score (nSPS) is 10.6. The maximum absolute atomic E-state index is 12.6. The molecule has 2 rings (SSSR count). The van der Waals surface area contributed by atoms with Gasteiger partial charge in [0.1, 0.15) is 5.75 Å². The lowest BCUT2D eigenvalue weighted by Gasteiger charge is -2.15. The number of benzene rings is 1. The minimum absolute atomic E-state index is 0.146. The van der Waals surface area contributed by atoms with Crippen LogP contribution in [-0.4, -0.2) is 21.5 Å².